The summed E-state index contributed by atoms with van der Waals surface area (Å²) in [5, 5.41) is 2.79. The van der Waals surface area contributed by atoms with Crippen LogP contribution >= 0.6 is 0 Å². The molecule has 1 heterocycles. The van der Waals surface area contributed by atoms with E-state index in [2.05, 4.69) is 9.50 Å². The summed E-state index contributed by atoms with van der Waals surface area (Å²) >= 11 is 0. The van der Waals surface area contributed by atoms with Crippen LogP contribution in [-0.2, 0) is 19.0 Å². The summed E-state index contributed by atoms with van der Waals surface area (Å²) in [5.41, 5.74) is -7.31. The Labute approximate surface area is 185 Å². The highest BCUT2D eigenvalue weighted by Gasteiger charge is 2.50. The van der Waals surface area contributed by atoms with E-state index in [1.54, 1.807) is 26.8 Å². The molecular formula is C21H26F3NO6S. The molecule has 1 aromatic carbocycles. The van der Waals surface area contributed by atoms with E-state index in [1.807, 2.05) is 0 Å². The number of hydrogen-bond acceptors (Lipinski definition) is 6. The SMILES string of the molecule is CC(C)(C)OC(=O)NC1CCCCC2(C=C(OS(=O)(=O)C(F)(F)F)c3ccccc3O2)C1. The third kappa shape index (κ3) is 5.67. The van der Waals surface area contributed by atoms with Gasteiger partial charge in [-0.05, 0) is 52.2 Å². The second-order valence-corrected chi connectivity index (χ2v) is 10.5. The molecule has 7 nitrogen and oxygen atoms in total. The summed E-state index contributed by atoms with van der Waals surface area (Å²) in [6.07, 6.45) is 3.29. The highest BCUT2D eigenvalue weighted by molar-refractivity contribution is 7.87. The molecule has 2 aliphatic rings. The number of alkyl carbamates (subject to hydrolysis) is 1. The standard InChI is InChI=1S/C21H26F3NO6S/c1-19(2,3)30-18(26)25-14-8-6-7-11-20(12-14)13-17(31-32(27,28)21(22,23)24)15-9-4-5-10-16(15)29-20/h4-5,9-10,13-14H,6-8,11-12H2,1-3H3,(H,25,26). The molecule has 178 valence electrons. The lowest BCUT2D eigenvalue weighted by atomic mass is 9.88. The molecular weight excluding hydrogens is 451 g/mol. The lowest BCUT2D eigenvalue weighted by Crippen LogP contribution is -2.46. The van der Waals surface area contributed by atoms with Gasteiger partial charge in [-0.3, -0.25) is 0 Å². The molecule has 1 aromatic rings. The van der Waals surface area contributed by atoms with Crippen molar-refractivity contribution < 1.29 is 40.0 Å². The Balaban J connectivity index is 1.93. The molecule has 0 bridgehead atoms. The topological polar surface area (TPSA) is 90.9 Å². The Bertz CT molecular complexity index is 1000. The molecule has 11 heteroatoms. The predicted octanol–water partition coefficient (Wildman–Crippen LogP) is 4.88. The number of amides is 1. The first-order chi connectivity index (χ1) is 14.7. The molecule has 0 saturated heterocycles. The fraction of sp³-hybridized carbons (Fsp3) is 0.571. The normalized spacial score (nSPS) is 23.9. The average Bonchev–Trinajstić information content (AvgIpc) is 2.80. The maximum atomic E-state index is 13.0. The number of carbonyl (C=O) groups excluding carboxylic acids is 1. The van der Waals surface area contributed by atoms with Gasteiger partial charge in [0, 0.05) is 18.5 Å². The molecule has 3 rings (SSSR count). The van der Waals surface area contributed by atoms with Gasteiger partial charge in [0.25, 0.3) is 0 Å². The predicted molar refractivity (Wildman–Crippen MR) is 110 cm³/mol. The minimum atomic E-state index is -5.87. The number of hydrogen-bond donors (Lipinski definition) is 1. The van der Waals surface area contributed by atoms with E-state index in [0.717, 1.165) is 6.42 Å². The smallest absolute Gasteiger partial charge is 0.482 e. The first kappa shape index (κ1) is 24.2. The van der Waals surface area contributed by atoms with Crippen molar-refractivity contribution in [2.75, 3.05) is 0 Å². The fourth-order valence-corrected chi connectivity index (χ4v) is 4.28. The minimum absolute atomic E-state index is 0.104. The molecule has 1 saturated carbocycles. The monoisotopic (exact) mass is 477 g/mol. The van der Waals surface area contributed by atoms with Gasteiger partial charge in [0.05, 0.1) is 5.56 Å². The zero-order valence-electron chi connectivity index (χ0n) is 18.0. The molecule has 32 heavy (non-hydrogen) atoms. The van der Waals surface area contributed by atoms with E-state index < -0.39 is 44.7 Å². The van der Waals surface area contributed by atoms with Gasteiger partial charge in [-0.1, -0.05) is 18.6 Å². The maximum absolute atomic E-state index is 13.0. The van der Waals surface area contributed by atoms with Crippen LogP contribution < -0.4 is 10.1 Å². The molecule has 2 unspecified atom stereocenters. The number of halogens is 3. The van der Waals surface area contributed by atoms with Gasteiger partial charge in [0.15, 0.2) is 5.76 Å². The molecule has 1 fully saturated rings. The molecule has 1 amide bonds. The van der Waals surface area contributed by atoms with E-state index in [0.29, 0.717) is 19.3 Å². The summed E-state index contributed by atoms with van der Waals surface area (Å²) in [5.74, 6) is -0.234. The van der Waals surface area contributed by atoms with Crippen LogP contribution in [0.25, 0.3) is 5.76 Å². The third-order valence-electron chi connectivity index (χ3n) is 5.06. The second-order valence-electron chi connectivity index (χ2n) is 8.95. The molecule has 1 aliphatic heterocycles. The Morgan fingerprint density at radius 3 is 2.53 bits per heavy atom. The Hall–Kier alpha value is -2.43. The number of carbonyl (C=O) groups is 1. The zero-order chi connectivity index (χ0) is 23.8. The highest BCUT2D eigenvalue weighted by Crippen LogP contribution is 2.44. The first-order valence-electron chi connectivity index (χ1n) is 10.2. The van der Waals surface area contributed by atoms with Gasteiger partial charge in [-0.15, -0.1) is 0 Å². The number of benzene rings is 1. The second kappa shape index (κ2) is 8.49. The largest absolute Gasteiger partial charge is 0.534 e. The van der Waals surface area contributed by atoms with Crippen LogP contribution in [-0.4, -0.2) is 37.3 Å². The van der Waals surface area contributed by atoms with Crippen LogP contribution in [0.15, 0.2) is 30.3 Å². The van der Waals surface area contributed by atoms with Crippen LogP contribution in [0.5, 0.6) is 5.75 Å². The van der Waals surface area contributed by atoms with Crippen molar-refractivity contribution in [3.05, 3.63) is 35.9 Å². The van der Waals surface area contributed by atoms with Gasteiger partial charge in [0.2, 0.25) is 0 Å². The van der Waals surface area contributed by atoms with Gasteiger partial charge < -0.3 is 19.0 Å². The number of ether oxygens (including phenoxy) is 2. The van der Waals surface area contributed by atoms with Crippen molar-refractivity contribution in [3.63, 3.8) is 0 Å². The van der Waals surface area contributed by atoms with Crippen molar-refractivity contribution in [2.24, 2.45) is 0 Å². The summed E-state index contributed by atoms with van der Waals surface area (Å²) in [6.45, 7) is 5.20. The average molecular weight is 478 g/mol. The lowest BCUT2D eigenvalue weighted by Gasteiger charge is -2.37. The number of nitrogens with one attached hydrogen (secondary N) is 1. The summed E-state index contributed by atoms with van der Waals surface area (Å²) in [6, 6.07) is 5.73. The molecule has 2 atom stereocenters. The van der Waals surface area contributed by atoms with Crippen LogP contribution in [0.4, 0.5) is 18.0 Å². The van der Waals surface area contributed by atoms with Crippen molar-refractivity contribution >= 4 is 22.0 Å². The van der Waals surface area contributed by atoms with Crippen LogP contribution in [0.3, 0.4) is 0 Å². The van der Waals surface area contributed by atoms with E-state index in [1.165, 1.54) is 24.3 Å². The number of alkyl halides is 3. The number of fused-ring (bicyclic) bond motifs is 1. The van der Waals surface area contributed by atoms with Crippen LogP contribution in [0, 0.1) is 0 Å². The summed E-state index contributed by atoms with van der Waals surface area (Å²) in [4.78, 5) is 12.3. The van der Waals surface area contributed by atoms with Crippen molar-refractivity contribution in [1.29, 1.82) is 0 Å². The molecule has 1 spiro atoms. The highest BCUT2D eigenvalue weighted by atomic mass is 32.2. The Morgan fingerprint density at radius 1 is 1.19 bits per heavy atom. The van der Waals surface area contributed by atoms with Crippen molar-refractivity contribution in [3.8, 4) is 5.75 Å². The summed E-state index contributed by atoms with van der Waals surface area (Å²) in [7, 11) is -5.87. The van der Waals surface area contributed by atoms with E-state index >= 15 is 0 Å². The molecule has 0 radical (unpaired) electrons. The molecule has 1 aliphatic carbocycles. The van der Waals surface area contributed by atoms with Crippen molar-refractivity contribution in [1.82, 2.24) is 5.32 Å². The van der Waals surface area contributed by atoms with Gasteiger partial charge >= 0.3 is 21.7 Å². The first-order valence-corrected chi connectivity index (χ1v) is 11.6. The fourth-order valence-electron chi connectivity index (χ4n) is 3.82. The molecule has 1 N–H and O–H groups in total. The number of para-hydroxylation sites is 1. The zero-order valence-corrected chi connectivity index (χ0v) is 18.8. The van der Waals surface area contributed by atoms with Crippen LogP contribution in [0.1, 0.15) is 58.4 Å². The van der Waals surface area contributed by atoms with Gasteiger partial charge in [-0.25, -0.2) is 4.79 Å². The van der Waals surface area contributed by atoms with Crippen LogP contribution in [0.2, 0.25) is 0 Å². The summed E-state index contributed by atoms with van der Waals surface area (Å²) < 4.78 is 78.3. The molecule has 0 aromatic heterocycles. The van der Waals surface area contributed by atoms with E-state index in [-0.39, 0.29) is 17.7 Å². The minimum Gasteiger partial charge on any atom is -0.482 e. The van der Waals surface area contributed by atoms with E-state index in [9.17, 15) is 26.4 Å². The van der Waals surface area contributed by atoms with Gasteiger partial charge in [-0.2, -0.15) is 21.6 Å². The maximum Gasteiger partial charge on any atom is 0.534 e. The number of rotatable bonds is 3. The lowest BCUT2D eigenvalue weighted by molar-refractivity contribution is -0.0511. The quantitative estimate of drug-likeness (QED) is 0.493. The van der Waals surface area contributed by atoms with E-state index in [4.69, 9.17) is 9.47 Å². The third-order valence-corrected chi connectivity index (χ3v) is 6.02. The van der Waals surface area contributed by atoms with Crippen molar-refractivity contribution in [2.45, 2.75) is 75.6 Å². The Morgan fingerprint density at radius 2 is 1.88 bits per heavy atom. The van der Waals surface area contributed by atoms with Gasteiger partial charge in [0.1, 0.15) is 17.0 Å². The Kier molecular flexibility index (Phi) is 6.43.